The minimum absolute atomic E-state index is 0.529. The van der Waals surface area contributed by atoms with Crippen LogP contribution in [0.15, 0.2) is 42.5 Å². The van der Waals surface area contributed by atoms with Crippen LogP contribution in [-0.4, -0.2) is 13.7 Å². The first-order valence-corrected chi connectivity index (χ1v) is 10.7. The van der Waals surface area contributed by atoms with E-state index >= 15 is 0 Å². The highest BCUT2D eigenvalue weighted by atomic mass is 16.5. The molecule has 0 amide bonds. The van der Waals surface area contributed by atoms with Crippen LogP contribution in [-0.2, 0) is 19.3 Å². The highest BCUT2D eigenvalue weighted by molar-refractivity contribution is 5.36. The fraction of sp³-hybridized carbons (Fsp3) is 0.520. The van der Waals surface area contributed by atoms with Crippen molar-refractivity contribution in [3.05, 3.63) is 64.7 Å². The minimum Gasteiger partial charge on any atom is -0.497 e. The lowest BCUT2D eigenvalue weighted by molar-refractivity contribution is 0.410. The second-order valence-electron chi connectivity index (χ2n) is 8.10. The standard InChI is InChI=1S/C25H35NO/c1-3-6-24(18-26)23-14-13-21-15-20(11-12-22(21)17-23)8-4-7-19-9-5-10-25(16-19)27-2/h5,9-10,13-14,16-17,20,24H,3-4,6-8,11-12,15,18,26H2,1-2H3. The molecule has 0 aliphatic heterocycles. The van der Waals surface area contributed by atoms with E-state index < -0.39 is 0 Å². The van der Waals surface area contributed by atoms with Gasteiger partial charge in [0.05, 0.1) is 7.11 Å². The van der Waals surface area contributed by atoms with E-state index in [1.165, 1.54) is 56.1 Å². The molecule has 2 N–H and O–H groups in total. The Kier molecular flexibility index (Phi) is 7.34. The molecule has 0 saturated carbocycles. The summed E-state index contributed by atoms with van der Waals surface area (Å²) in [6.45, 7) is 3.01. The van der Waals surface area contributed by atoms with Crippen molar-refractivity contribution < 1.29 is 4.74 Å². The molecular weight excluding hydrogens is 330 g/mol. The molecule has 0 heterocycles. The third-order valence-corrected chi connectivity index (χ3v) is 6.17. The van der Waals surface area contributed by atoms with E-state index in [-0.39, 0.29) is 0 Å². The molecule has 0 radical (unpaired) electrons. The third-order valence-electron chi connectivity index (χ3n) is 6.17. The zero-order chi connectivity index (χ0) is 19.1. The molecule has 146 valence electrons. The van der Waals surface area contributed by atoms with Crippen LogP contribution in [0.2, 0.25) is 0 Å². The molecule has 1 aliphatic rings. The summed E-state index contributed by atoms with van der Waals surface area (Å²) in [5, 5.41) is 0. The molecule has 0 bridgehead atoms. The molecule has 2 aromatic carbocycles. The first kappa shape index (κ1) is 19.9. The maximum Gasteiger partial charge on any atom is 0.119 e. The summed E-state index contributed by atoms with van der Waals surface area (Å²) in [5.41, 5.74) is 12.0. The van der Waals surface area contributed by atoms with E-state index in [9.17, 15) is 0 Å². The molecule has 2 unspecified atom stereocenters. The molecule has 2 nitrogen and oxygen atoms in total. The van der Waals surface area contributed by atoms with Gasteiger partial charge in [-0.1, -0.05) is 43.7 Å². The summed E-state index contributed by atoms with van der Waals surface area (Å²) in [6, 6.07) is 15.7. The molecule has 0 aromatic heterocycles. The topological polar surface area (TPSA) is 35.2 Å². The molecule has 0 spiro atoms. The molecule has 1 aliphatic carbocycles. The monoisotopic (exact) mass is 365 g/mol. The number of rotatable bonds is 9. The number of hydrogen-bond donors (Lipinski definition) is 1. The van der Waals surface area contributed by atoms with Gasteiger partial charge < -0.3 is 10.5 Å². The molecule has 27 heavy (non-hydrogen) atoms. The molecule has 2 heteroatoms. The molecule has 0 saturated heterocycles. The van der Waals surface area contributed by atoms with Crippen molar-refractivity contribution in [2.24, 2.45) is 11.7 Å². The Morgan fingerprint density at radius 2 is 2.04 bits per heavy atom. The number of nitrogens with two attached hydrogens (primary N) is 1. The molecular formula is C25H35NO. The molecule has 2 atom stereocenters. The minimum atomic E-state index is 0.529. The number of fused-ring (bicyclic) bond motifs is 1. The highest BCUT2D eigenvalue weighted by Gasteiger charge is 2.20. The van der Waals surface area contributed by atoms with Gasteiger partial charge in [0.25, 0.3) is 0 Å². The van der Waals surface area contributed by atoms with Gasteiger partial charge in [0.2, 0.25) is 0 Å². The van der Waals surface area contributed by atoms with Crippen molar-refractivity contribution in [2.75, 3.05) is 13.7 Å². The van der Waals surface area contributed by atoms with Crippen molar-refractivity contribution in [1.29, 1.82) is 0 Å². The predicted octanol–water partition coefficient (Wildman–Crippen LogP) is 5.67. The van der Waals surface area contributed by atoms with Crippen LogP contribution in [0, 0.1) is 5.92 Å². The van der Waals surface area contributed by atoms with Crippen molar-refractivity contribution in [2.45, 2.75) is 64.2 Å². The lowest BCUT2D eigenvalue weighted by atomic mass is 9.79. The number of methoxy groups -OCH3 is 1. The second-order valence-corrected chi connectivity index (χ2v) is 8.10. The van der Waals surface area contributed by atoms with Crippen LogP contribution in [0.1, 0.15) is 67.2 Å². The Labute approximate surface area is 165 Å². The molecule has 2 aromatic rings. The number of aryl methyl sites for hydroxylation is 2. The zero-order valence-corrected chi connectivity index (χ0v) is 17.0. The van der Waals surface area contributed by atoms with Crippen LogP contribution in [0.5, 0.6) is 5.75 Å². The SMILES string of the molecule is CCCC(CN)c1ccc2c(c1)CCC(CCCc1cccc(OC)c1)C2. The third kappa shape index (κ3) is 5.35. The zero-order valence-electron chi connectivity index (χ0n) is 17.0. The first-order chi connectivity index (χ1) is 13.2. The summed E-state index contributed by atoms with van der Waals surface area (Å²) >= 11 is 0. The van der Waals surface area contributed by atoms with Crippen LogP contribution in [0.4, 0.5) is 0 Å². The predicted molar refractivity (Wildman–Crippen MR) is 115 cm³/mol. The fourth-order valence-electron chi connectivity index (χ4n) is 4.54. The van der Waals surface area contributed by atoms with Gasteiger partial charge in [-0.2, -0.15) is 0 Å². The normalized spacial score (nSPS) is 17.4. The van der Waals surface area contributed by atoms with E-state index in [1.54, 1.807) is 18.2 Å². The molecule has 3 rings (SSSR count). The largest absolute Gasteiger partial charge is 0.497 e. The van der Waals surface area contributed by atoms with Crippen LogP contribution in [0.25, 0.3) is 0 Å². The number of benzene rings is 2. The van der Waals surface area contributed by atoms with Gasteiger partial charge in [-0.05, 0) is 97.7 Å². The lowest BCUT2D eigenvalue weighted by Gasteiger charge is -2.26. The van der Waals surface area contributed by atoms with E-state index in [4.69, 9.17) is 10.5 Å². The summed E-state index contributed by atoms with van der Waals surface area (Å²) in [5.74, 6) is 2.32. The highest BCUT2D eigenvalue weighted by Crippen LogP contribution is 2.32. The summed E-state index contributed by atoms with van der Waals surface area (Å²) in [6.07, 6.45) is 9.93. The first-order valence-electron chi connectivity index (χ1n) is 10.7. The van der Waals surface area contributed by atoms with Crippen molar-refractivity contribution >= 4 is 0 Å². The average Bonchev–Trinajstić information content (AvgIpc) is 2.72. The van der Waals surface area contributed by atoms with E-state index in [0.29, 0.717) is 5.92 Å². The van der Waals surface area contributed by atoms with E-state index in [0.717, 1.165) is 24.6 Å². The van der Waals surface area contributed by atoms with Gasteiger partial charge in [0, 0.05) is 0 Å². The summed E-state index contributed by atoms with van der Waals surface area (Å²) in [4.78, 5) is 0. The van der Waals surface area contributed by atoms with Gasteiger partial charge in [0.1, 0.15) is 5.75 Å². The van der Waals surface area contributed by atoms with Gasteiger partial charge in [-0.15, -0.1) is 0 Å². The van der Waals surface area contributed by atoms with Gasteiger partial charge in [0.15, 0.2) is 0 Å². The fourth-order valence-corrected chi connectivity index (χ4v) is 4.54. The van der Waals surface area contributed by atoms with Crippen LogP contribution < -0.4 is 10.5 Å². The maximum absolute atomic E-state index is 6.00. The average molecular weight is 366 g/mol. The second kappa shape index (κ2) is 9.94. The number of hydrogen-bond acceptors (Lipinski definition) is 2. The van der Waals surface area contributed by atoms with Gasteiger partial charge in [-0.3, -0.25) is 0 Å². The van der Waals surface area contributed by atoms with Crippen LogP contribution in [0.3, 0.4) is 0 Å². The van der Waals surface area contributed by atoms with Gasteiger partial charge >= 0.3 is 0 Å². The Morgan fingerprint density at radius 3 is 2.81 bits per heavy atom. The van der Waals surface area contributed by atoms with Crippen LogP contribution >= 0.6 is 0 Å². The van der Waals surface area contributed by atoms with E-state index in [2.05, 4.69) is 43.3 Å². The van der Waals surface area contributed by atoms with Crippen molar-refractivity contribution in [3.63, 3.8) is 0 Å². The molecule has 0 fully saturated rings. The maximum atomic E-state index is 6.00. The smallest absolute Gasteiger partial charge is 0.119 e. The van der Waals surface area contributed by atoms with Crippen molar-refractivity contribution in [1.82, 2.24) is 0 Å². The Balaban J connectivity index is 1.53. The Morgan fingerprint density at radius 1 is 1.15 bits per heavy atom. The Hall–Kier alpha value is -1.80. The van der Waals surface area contributed by atoms with Gasteiger partial charge in [-0.25, -0.2) is 0 Å². The van der Waals surface area contributed by atoms with Crippen molar-refractivity contribution in [3.8, 4) is 5.75 Å². The number of ether oxygens (including phenoxy) is 1. The Bertz CT molecular complexity index is 724. The summed E-state index contributed by atoms with van der Waals surface area (Å²) in [7, 11) is 1.74. The quantitative estimate of drug-likeness (QED) is 0.622. The summed E-state index contributed by atoms with van der Waals surface area (Å²) < 4.78 is 5.33. The van der Waals surface area contributed by atoms with E-state index in [1.807, 2.05) is 6.07 Å². The lowest BCUT2D eigenvalue weighted by Crippen LogP contribution is -2.17.